The molecule has 3 N–H and O–H groups in total. The number of benzene rings is 1. The summed E-state index contributed by atoms with van der Waals surface area (Å²) < 4.78 is 1.32. The van der Waals surface area contributed by atoms with Gasteiger partial charge >= 0.3 is 5.69 Å². The Hall–Kier alpha value is -3.01. The summed E-state index contributed by atoms with van der Waals surface area (Å²) in [5, 5.41) is 9.04. The molecule has 7 nitrogen and oxygen atoms in total. The molecule has 1 aromatic carbocycles. The second-order valence-corrected chi connectivity index (χ2v) is 6.00. The molecular weight excluding hydrogens is 306 g/mol. The standard InChI is InChI=1S/C17H21N5O2/c1-12(2)10-21(9-8-18)14-15(19)22(17(24)20-16(14)23)11-13-6-4-3-5-7-13/h3-7,12H,9-11,19H2,1-2H3,(H,20,23,24). The SMILES string of the molecule is CC(C)CN(CC#N)c1c(N)n(Cc2ccccc2)c(=O)[nH]c1=O. The number of hydrogen-bond donors (Lipinski definition) is 2. The summed E-state index contributed by atoms with van der Waals surface area (Å²) in [7, 11) is 0. The van der Waals surface area contributed by atoms with Crippen molar-refractivity contribution in [1.29, 1.82) is 5.26 Å². The van der Waals surface area contributed by atoms with Crippen molar-refractivity contribution < 1.29 is 0 Å². The molecule has 7 heteroatoms. The van der Waals surface area contributed by atoms with Gasteiger partial charge in [0, 0.05) is 6.54 Å². The molecule has 2 rings (SSSR count). The lowest BCUT2D eigenvalue weighted by molar-refractivity contribution is 0.621. The van der Waals surface area contributed by atoms with Crippen LogP contribution >= 0.6 is 0 Å². The van der Waals surface area contributed by atoms with Gasteiger partial charge in [-0.05, 0) is 11.5 Å². The predicted molar refractivity (Wildman–Crippen MR) is 93.9 cm³/mol. The van der Waals surface area contributed by atoms with E-state index < -0.39 is 11.2 Å². The van der Waals surface area contributed by atoms with E-state index in [1.807, 2.05) is 50.2 Å². The number of hydrogen-bond acceptors (Lipinski definition) is 5. The number of nitrogens with two attached hydrogens (primary N) is 1. The molecule has 0 radical (unpaired) electrons. The Balaban J connectivity index is 2.53. The molecule has 126 valence electrons. The molecule has 1 aromatic heterocycles. The zero-order valence-electron chi connectivity index (χ0n) is 13.8. The quantitative estimate of drug-likeness (QED) is 0.774. The number of rotatable bonds is 6. The zero-order chi connectivity index (χ0) is 17.7. The van der Waals surface area contributed by atoms with Crippen LogP contribution in [-0.4, -0.2) is 22.6 Å². The fourth-order valence-corrected chi connectivity index (χ4v) is 2.57. The fraction of sp³-hybridized carbons (Fsp3) is 0.353. The van der Waals surface area contributed by atoms with Gasteiger partial charge in [-0.1, -0.05) is 44.2 Å². The highest BCUT2D eigenvalue weighted by atomic mass is 16.2. The highest BCUT2D eigenvalue weighted by Crippen LogP contribution is 2.18. The minimum Gasteiger partial charge on any atom is -0.383 e. The number of aromatic amines is 1. The molecule has 0 aliphatic carbocycles. The Bertz CT molecular complexity index is 846. The first-order valence-electron chi connectivity index (χ1n) is 7.72. The molecule has 0 atom stereocenters. The van der Waals surface area contributed by atoms with Crippen LogP contribution in [0.4, 0.5) is 11.5 Å². The van der Waals surface area contributed by atoms with Gasteiger partial charge in [-0.3, -0.25) is 14.3 Å². The third-order valence-corrected chi connectivity index (χ3v) is 3.56. The highest BCUT2D eigenvalue weighted by molar-refractivity contribution is 5.63. The van der Waals surface area contributed by atoms with E-state index in [0.29, 0.717) is 6.54 Å². The predicted octanol–water partition coefficient (Wildman–Crippen LogP) is 1.15. The molecule has 0 saturated carbocycles. The Kier molecular flexibility index (Phi) is 5.42. The fourth-order valence-electron chi connectivity index (χ4n) is 2.57. The molecule has 0 bridgehead atoms. The summed E-state index contributed by atoms with van der Waals surface area (Å²) in [5.41, 5.74) is 6.05. The van der Waals surface area contributed by atoms with Gasteiger partial charge in [0.1, 0.15) is 18.1 Å². The van der Waals surface area contributed by atoms with E-state index in [1.54, 1.807) is 4.90 Å². The summed E-state index contributed by atoms with van der Waals surface area (Å²) in [4.78, 5) is 28.3. The van der Waals surface area contributed by atoms with Crippen molar-refractivity contribution in [3.05, 3.63) is 56.7 Å². The third-order valence-electron chi connectivity index (χ3n) is 3.56. The van der Waals surface area contributed by atoms with Crippen molar-refractivity contribution in [3.63, 3.8) is 0 Å². The average molecular weight is 327 g/mol. The normalized spacial score (nSPS) is 10.6. The Morgan fingerprint density at radius 2 is 1.96 bits per heavy atom. The molecule has 0 unspecified atom stereocenters. The number of anilines is 2. The third kappa shape index (κ3) is 3.84. The Morgan fingerprint density at radius 1 is 1.29 bits per heavy atom. The molecule has 0 fully saturated rings. The number of nitrogens with one attached hydrogen (secondary N) is 1. The number of aromatic nitrogens is 2. The number of nitrogen functional groups attached to an aromatic ring is 1. The van der Waals surface area contributed by atoms with E-state index in [-0.39, 0.29) is 30.5 Å². The summed E-state index contributed by atoms with van der Waals surface area (Å²) in [6.07, 6.45) is 0. The van der Waals surface area contributed by atoms with Gasteiger partial charge in [0.2, 0.25) is 0 Å². The summed E-state index contributed by atoms with van der Waals surface area (Å²) in [6.45, 7) is 4.72. The van der Waals surface area contributed by atoms with Crippen LogP contribution < -0.4 is 21.9 Å². The zero-order valence-corrected chi connectivity index (χ0v) is 13.8. The van der Waals surface area contributed by atoms with Gasteiger partial charge in [0.15, 0.2) is 0 Å². The van der Waals surface area contributed by atoms with Gasteiger partial charge in [-0.2, -0.15) is 5.26 Å². The monoisotopic (exact) mass is 327 g/mol. The van der Waals surface area contributed by atoms with Crippen LogP contribution in [0.2, 0.25) is 0 Å². The van der Waals surface area contributed by atoms with Crippen molar-refractivity contribution in [2.45, 2.75) is 20.4 Å². The molecule has 0 saturated heterocycles. The molecule has 0 spiro atoms. The van der Waals surface area contributed by atoms with Crippen molar-refractivity contribution in [1.82, 2.24) is 9.55 Å². The molecule has 0 aliphatic heterocycles. The topological polar surface area (TPSA) is 108 Å². The molecule has 2 aromatic rings. The van der Waals surface area contributed by atoms with Crippen LogP contribution in [0.5, 0.6) is 0 Å². The maximum Gasteiger partial charge on any atom is 0.330 e. The number of nitrogens with zero attached hydrogens (tertiary/aromatic N) is 3. The summed E-state index contributed by atoms with van der Waals surface area (Å²) in [6, 6.07) is 11.4. The first-order chi connectivity index (χ1) is 11.4. The van der Waals surface area contributed by atoms with Crippen LogP contribution in [0.25, 0.3) is 0 Å². The van der Waals surface area contributed by atoms with Gasteiger partial charge < -0.3 is 10.6 Å². The van der Waals surface area contributed by atoms with E-state index in [1.165, 1.54) is 4.57 Å². The Labute approximate surface area is 140 Å². The van der Waals surface area contributed by atoms with Crippen LogP contribution in [0.3, 0.4) is 0 Å². The molecule has 24 heavy (non-hydrogen) atoms. The van der Waals surface area contributed by atoms with Gasteiger partial charge in [-0.15, -0.1) is 0 Å². The van der Waals surface area contributed by atoms with Gasteiger partial charge in [0.25, 0.3) is 5.56 Å². The first kappa shape index (κ1) is 17.3. The number of H-pyrrole nitrogens is 1. The molecule has 0 aliphatic rings. The minimum atomic E-state index is -0.572. The van der Waals surface area contributed by atoms with E-state index in [0.717, 1.165) is 5.56 Å². The summed E-state index contributed by atoms with van der Waals surface area (Å²) >= 11 is 0. The van der Waals surface area contributed by atoms with Crippen LogP contribution in [0.15, 0.2) is 39.9 Å². The lowest BCUT2D eigenvalue weighted by atomic mass is 10.2. The van der Waals surface area contributed by atoms with Crippen LogP contribution in [0.1, 0.15) is 19.4 Å². The highest BCUT2D eigenvalue weighted by Gasteiger charge is 2.19. The van der Waals surface area contributed by atoms with Gasteiger partial charge in [0.05, 0.1) is 12.6 Å². The first-order valence-corrected chi connectivity index (χ1v) is 7.72. The van der Waals surface area contributed by atoms with E-state index >= 15 is 0 Å². The molecule has 0 amide bonds. The summed E-state index contributed by atoms with van der Waals surface area (Å²) in [5.74, 6) is 0.301. The van der Waals surface area contributed by atoms with E-state index in [2.05, 4.69) is 4.98 Å². The maximum atomic E-state index is 12.3. The lowest BCUT2D eigenvalue weighted by Crippen LogP contribution is -2.40. The molecule has 1 heterocycles. The van der Waals surface area contributed by atoms with Crippen LogP contribution in [-0.2, 0) is 6.54 Å². The molecular formula is C17H21N5O2. The second kappa shape index (κ2) is 7.51. The van der Waals surface area contributed by atoms with Crippen molar-refractivity contribution >= 4 is 11.5 Å². The minimum absolute atomic E-state index is 0.0228. The van der Waals surface area contributed by atoms with Gasteiger partial charge in [-0.25, -0.2) is 4.79 Å². The van der Waals surface area contributed by atoms with Crippen LogP contribution in [0, 0.1) is 17.2 Å². The average Bonchev–Trinajstić information content (AvgIpc) is 2.52. The number of nitriles is 1. The van der Waals surface area contributed by atoms with Crippen molar-refractivity contribution in [3.8, 4) is 6.07 Å². The van der Waals surface area contributed by atoms with E-state index in [9.17, 15) is 9.59 Å². The second-order valence-electron chi connectivity index (χ2n) is 6.00. The van der Waals surface area contributed by atoms with E-state index in [4.69, 9.17) is 11.0 Å². The van der Waals surface area contributed by atoms with Crippen molar-refractivity contribution in [2.24, 2.45) is 5.92 Å². The smallest absolute Gasteiger partial charge is 0.330 e. The Morgan fingerprint density at radius 3 is 2.54 bits per heavy atom. The van der Waals surface area contributed by atoms with Crippen molar-refractivity contribution in [2.75, 3.05) is 23.7 Å². The largest absolute Gasteiger partial charge is 0.383 e. The lowest BCUT2D eigenvalue weighted by Gasteiger charge is -2.25. The maximum absolute atomic E-state index is 12.3.